The van der Waals surface area contributed by atoms with Gasteiger partial charge in [-0.2, -0.15) is 0 Å². The van der Waals surface area contributed by atoms with Crippen LogP contribution in [-0.2, 0) is 11.3 Å². The number of aryl methyl sites for hydroxylation is 1. The smallest absolute Gasteiger partial charge is 0.239 e. The number of aromatic nitrogens is 1. The highest BCUT2D eigenvalue weighted by Crippen LogP contribution is 2.07. The van der Waals surface area contributed by atoms with Gasteiger partial charge in [0, 0.05) is 18.2 Å². The maximum atomic E-state index is 13.3. The summed E-state index contributed by atoms with van der Waals surface area (Å²) in [4.78, 5) is 11.5. The minimum atomic E-state index is -0.289. The fraction of sp³-hybridized carbons (Fsp3) is 0.231. The number of carbonyl (C=O) groups excluding carboxylic acids is 1. The normalized spacial score (nSPS) is 10.4. The number of benzene rings is 1. The summed E-state index contributed by atoms with van der Waals surface area (Å²) in [5.74, 6) is 0.442. The summed E-state index contributed by atoms with van der Waals surface area (Å²) in [6, 6.07) is 8.04. The van der Waals surface area contributed by atoms with E-state index in [2.05, 4.69) is 15.8 Å². The summed E-state index contributed by atoms with van der Waals surface area (Å²) < 4.78 is 18.1. The highest BCUT2D eigenvalue weighted by Gasteiger charge is 2.06. The zero-order valence-corrected chi connectivity index (χ0v) is 10.4. The molecule has 0 radical (unpaired) electrons. The third-order valence-corrected chi connectivity index (χ3v) is 2.45. The van der Waals surface area contributed by atoms with E-state index >= 15 is 0 Å². The molecule has 0 atom stereocenters. The molecule has 0 aliphatic rings. The van der Waals surface area contributed by atoms with Gasteiger partial charge >= 0.3 is 0 Å². The van der Waals surface area contributed by atoms with E-state index in [0.29, 0.717) is 17.1 Å². The molecular weight excluding hydrogens is 249 g/mol. The van der Waals surface area contributed by atoms with Crippen molar-refractivity contribution in [3.8, 4) is 0 Å². The third kappa shape index (κ3) is 3.89. The Kier molecular flexibility index (Phi) is 4.25. The van der Waals surface area contributed by atoms with Crippen LogP contribution in [0.15, 0.2) is 34.9 Å². The van der Waals surface area contributed by atoms with Gasteiger partial charge in [-0.25, -0.2) is 4.39 Å². The summed E-state index contributed by atoms with van der Waals surface area (Å²) in [6.07, 6.45) is 0. The molecule has 1 aromatic carbocycles. The largest absolute Gasteiger partial charge is 0.360 e. The van der Waals surface area contributed by atoms with E-state index in [4.69, 9.17) is 4.52 Å². The topological polar surface area (TPSA) is 67.2 Å². The molecule has 1 aromatic heterocycles. The van der Waals surface area contributed by atoms with Crippen molar-refractivity contribution < 1.29 is 13.7 Å². The number of carbonyl (C=O) groups is 1. The molecule has 0 saturated carbocycles. The van der Waals surface area contributed by atoms with Crippen LogP contribution in [0.5, 0.6) is 0 Å². The highest BCUT2D eigenvalue weighted by molar-refractivity contribution is 5.91. The molecule has 2 aromatic rings. The lowest BCUT2D eigenvalue weighted by molar-refractivity contribution is -0.115. The van der Waals surface area contributed by atoms with Gasteiger partial charge in [0.05, 0.1) is 6.54 Å². The van der Waals surface area contributed by atoms with Crippen LogP contribution in [-0.4, -0.2) is 17.6 Å². The van der Waals surface area contributed by atoms with E-state index in [-0.39, 0.29) is 24.8 Å². The first-order chi connectivity index (χ1) is 9.15. The second-order valence-electron chi connectivity index (χ2n) is 4.07. The summed E-state index contributed by atoms with van der Waals surface area (Å²) in [6.45, 7) is 2.09. The maximum Gasteiger partial charge on any atom is 0.239 e. The molecular formula is C13H14FN3O2. The van der Waals surface area contributed by atoms with Crippen LogP contribution in [0.4, 0.5) is 10.2 Å². The molecule has 0 aliphatic heterocycles. The number of amides is 1. The molecule has 0 fully saturated rings. The Morgan fingerprint density at radius 2 is 2.21 bits per heavy atom. The van der Waals surface area contributed by atoms with Crippen molar-refractivity contribution in [2.45, 2.75) is 13.5 Å². The highest BCUT2D eigenvalue weighted by atomic mass is 19.1. The van der Waals surface area contributed by atoms with E-state index < -0.39 is 0 Å². The van der Waals surface area contributed by atoms with Gasteiger partial charge in [0.1, 0.15) is 11.6 Å². The lowest BCUT2D eigenvalue weighted by Crippen LogP contribution is -2.28. The standard InChI is InChI=1S/C13H14FN3O2/c1-9-6-12(17-19-9)16-13(18)8-15-7-10-4-2-3-5-11(10)14/h2-6,15H,7-8H2,1H3,(H,16,17,18). The van der Waals surface area contributed by atoms with Crippen LogP contribution in [0.3, 0.4) is 0 Å². The van der Waals surface area contributed by atoms with Crippen molar-refractivity contribution in [1.82, 2.24) is 10.5 Å². The Morgan fingerprint density at radius 3 is 2.89 bits per heavy atom. The molecule has 100 valence electrons. The van der Waals surface area contributed by atoms with Gasteiger partial charge in [-0.05, 0) is 13.0 Å². The first-order valence-electron chi connectivity index (χ1n) is 5.82. The maximum absolute atomic E-state index is 13.3. The molecule has 1 heterocycles. The molecule has 0 unspecified atom stereocenters. The Labute approximate surface area is 109 Å². The van der Waals surface area contributed by atoms with Crippen molar-refractivity contribution in [2.24, 2.45) is 0 Å². The monoisotopic (exact) mass is 263 g/mol. The van der Waals surface area contributed by atoms with Crippen LogP contribution in [0.2, 0.25) is 0 Å². The number of halogens is 1. The van der Waals surface area contributed by atoms with Gasteiger partial charge < -0.3 is 15.2 Å². The molecule has 0 aliphatic carbocycles. The summed E-state index contributed by atoms with van der Waals surface area (Å²) >= 11 is 0. The molecule has 0 saturated heterocycles. The predicted octanol–water partition coefficient (Wildman–Crippen LogP) is 1.85. The number of nitrogens with zero attached hydrogens (tertiary/aromatic N) is 1. The number of hydrogen-bond acceptors (Lipinski definition) is 4. The van der Waals surface area contributed by atoms with Crippen molar-refractivity contribution in [2.75, 3.05) is 11.9 Å². The number of anilines is 1. The van der Waals surface area contributed by atoms with Gasteiger partial charge in [-0.3, -0.25) is 4.79 Å². The zero-order valence-electron chi connectivity index (χ0n) is 10.4. The van der Waals surface area contributed by atoms with Crippen LogP contribution < -0.4 is 10.6 Å². The minimum absolute atomic E-state index is 0.0697. The molecule has 19 heavy (non-hydrogen) atoms. The quantitative estimate of drug-likeness (QED) is 0.864. The number of rotatable bonds is 5. The molecule has 5 nitrogen and oxygen atoms in total. The van der Waals surface area contributed by atoms with Crippen LogP contribution in [0.1, 0.15) is 11.3 Å². The zero-order chi connectivity index (χ0) is 13.7. The Hall–Kier alpha value is -2.21. The van der Waals surface area contributed by atoms with E-state index in [1.54, 1.807) is 31.2 Å². The van der Waals surface area contributed by atoms with Gasteiger partial charge in [0.2, 0.25) is 5.91 Å². The van der Waals surface area contributed by atoms with Crippen molar-refractivity contribution in [3.05, 3.63) is 47.5 Å². The van der Waals surface area contributed by atoms with Crippen LogP contribution >= 0.6 is 0 Å². The van der Waals surface area contributed by atoms with Crippen LogP contribution in [0, 0.1) is 12.7 Å². The fourth-order valence-electron chi connectivity index (χ4n) is 1.56. The van der Waals surface area contributed by atoms with Gasteiger partial charge in [0.25, 0.3) is 0 Å². The average molecular weight is 263 g/mol. The fourth-order valence-corrected chi connectivity index (χ4v) is 1.56. The third-order valence-electron chi connectivity index (χ3n) is 2.45. The molecule has 6 heteroatoms. The lowest BCUT2D eigenvalue weighted by Gasteiger charge is -2.05. The second-order valence-corrected chi connectivity index (χ2v) is 4.07. The summed E-state index contributed by atoms with van der Waals surface area (Å²) in [5.41, 5.74) is 0.521. The van der Waals surface area contributed by atoms with E-state index in [1.165, 1.54) is 6.07 Å². The summed E-state index contributed by atoms with van der Waals surface area (Å²) in [5, 5.41) is 9.06. The summed E-state index contributed by atoms with van der Waals surface area (Å²) in [7, 11) is 0. The van der Waals surface area contributed by atoms with Gasteiger partial charge in [-0.1, -0.05) is 23.4 Å². The predicted molar refractivity (Wildman–Crippen MR) is 68.0 cm³/mol. The first-order valence-corrected chi connectivity index (χ1v) is 5.82. The number of nitrogens with one attached hydrogen (secondary N) is 2. The molecule has 2 N–H and O–H groups in total. The Morgan fingerprint density at radius 1 is 1.42 bits per heavy atom. The molecule has 0 bridgehead atoms. The van der Waals surface area contributed by atoms with Crippen molar-refractivity contribution in [1.29, 1.82) is 0 Å². The average Bonchev–Trinajstić information content (AvgIpc) is 2.77. The van der Waals surface area contributed by atoms with Gasteiger partial charge in [0.15, 0.2) is 5.82 Å². The van der Waals surface area contributed by atoms with Crippen molar-refractivity contribution >= 4 is 11.7 Å². The van der Waals surface area contributed by atoms with Crippen LogP contribution in [0.25, 0.3) is 0 Å². The van der Waals surface area contributed by atoms with E-state index in [0.717, 1.165) is 0 Å². The van der Waals surface area contributed by atoms with Crippen molar-refractivity contribution in [3.63, 3.8) is 0 Å². The first kappa shape index (κ1) is 13.2. The second kappa shape index (κ2) is 6.10. The van der Waals surface area contributed by atoms with E-state index in [1.807, 2.05) is 0 Å². The lowest BCUT2D eigenvalue weighted by atomic mass is 10.2. The Balaban J connectivity index is 1.77. The molecule has 1 amide bonds. The molecule has 2 rings (SSSR count). The van der Waals surface area contributed by atoms with E-state index in [9.17, 15) is 9.18 Å². The Bertz CT molecular complexity index is 569. The minimum Gasteiger partial charge on any atom is -0.360 e. The van der Waals surface area contributed by atoms with Gasteiger partial charge in [-0.15, -0.1) is 0 Å². The number of hydrogen-bond donors (Lipinski definition) is 2. The molecule has 0 spiro atoms. The SMILES string of the molecule is Cc1cc(NC(=O)CNCc2ccccc2F)no1.